The van der Waals surface area contributed by atoms with E-state index in [0.29, 0.717) is 31.1 Å². The first-order valence-electron chi connectivity index (χ1n) is 7.58. The molecule has 130 valence electrons. The second-order valence-electron chi connectivity index (χ2n) is 5.98. The van der Waals surface area contributed by atoms with Crippen LogP contribution < -0.4 is 5.32 Å². The first-order valence-corrected chi connectivity index (χ1v) is 7.58. The third-order valence-corrected chi connectivity index (χ3v) is 4.18. The maximum absolute atomic E-state index is 12.7. The van der Waals surface area contributed by atoms with E-state index in [4.69, 9.17) is 4.52 Å². The van der Waals surface area contributed by atoms with E-state index in [-0.39, 0.29) is 17.7 Å². The predicted molar refractivity (Wildman–Crippen MR) is 78.2 cm³/mol. The predicted octanol–water partition coefficient (Wildman–Crippen LogP) is 2.76. The molecule has 0 aromatic carbocycles. The second-order valence-corrected chi connectivity index (χ2v) is 5.98. The van der Waals surface area contributed by atoms with Crippen molar-refractivity contribution in [2.24, 2.45) is 5.92 Å². The summed E-state index contributed by atoms with van der Waals surface area (Å²) in [6.45, 7) is 2.04. The van der Waals surface area contributed by atoms with Gasteiger partial charge in [-0.15, -0.1) is 0 Å². The Morgan fingerprint density at radius 3 is 2.83 bits per heavy atom. The zero-order chi connectivity index (χ0) is 17.3. The van der Waals surface area contributed by atoms with Gasteiger partial charge in [0.15, 0.2) is 5.82 Å². The highest BCUT2D eigenvalue weighted by Gasteiger charge is 2.36. The number of alkyl halides is 3. The molecule has 0 bridgehead atoms. The topological polar surface area (TPSA) is 84.1 Å². The number of rotatable bonds is 4. The Hall–Kier alpha value is -2.16. The third-order valence-electron chi connectivity index (χ3n) is 4.18. The Morgan fingerprint density at radius 1 is 1.38 bits per heavy atom. The number of anilines is 1. The quantitative estimate of drug-likeness (QED) is 0.889. The van der Waals surface area contributed by atoms with Crippen LogP contribution in [-0.4, -0.2) is 32.9 Å². The number of hydrogen-bond acceptors (Lipinski definition) is 6. The van der Waals surface area contributed by atoms with Crippen LogP contribution >= 0.6 is 0 Å². The number of aryl methyl sites for hydroxylation is 1. The normalized spacial score (nSPS) is 24.3. The highest BCUT2D eigenvalue weighted by molar-refractivity contribution is 5.38. The van der Waals surface area contributed by atoms with Crippen LogP contribution in [0.5, 0.6) is 0 Å². The minimum atomic E-state index is -4.41. The highest BCUT2D eigenvalue weighted by atomic mass is 19.4. The molecule has 24 heavy (non-hydrogen) atoms. The van der Waals surface area contributed by atoms with Crippen molar-refractivity contribution in [3.63, 3.8) is 0 Å². The molecule has 0 spiro atoms. The van der Waals surface area contributed by atoms with E-state index in [1.807, 2.05) is 0 Å². The number of aromatic nitrogens is 3. The summed E-state index contributed by atoms with van der Waals surface area (Å²) in [4.78, 5) is 8.06. The SMILES string of the molecule is Cc1noc([C@H]2C[C@H](CNc3cc(C(F)(F)F)ccn3)[C@H](O)C2)n1. The lowest BCUT2D eigenvalue weighted by Crippen LogP contribution is -2.22. The molecule has 0 radical (unpaired) electrons. The molecule has 0 aliphatic heterocycles. The summed E-state index contributed by atoms with van der Waals surface area (Å²) in [5, 5.41) is 16.8. The average molecular weight is 342 g/mol. The molecular formula is C15H17F3N4O2. The van der Waals surface area contributed by atoms with E-state index in [0.717, 1.165) is 18.3 Å². The molecule has 1 aliphatic rings. The smallest absolute Gasteiger partial charge is 0.393 e. The lowest BCUT2D eigenvalue weighted by molar-refractivity contribution is -0.137. The molecule has 2 aromatic heterocycles. The van der Waals surface area contributed by atoms with Crippen LogP contribution in [0.15, 0.2) is 22.9 Å². The summed E-state index contributed by atoms with van der Waals surface area (Å²) in [5.74, 6) is 0.996. The van der Waals surface area contributed by atoms with Crippen LogP contribution in [0.3, 0.4) is 0 Å². The zero-order valence-corrected chi connectivity index (χ0v) is 12.9. The van der Waals surface area contributed by atoms with Crippen LogP contribution in [0.4, 0.5) is 19.0 Å². The van der Waals surface area contributed by atoms with Crippen LogP contribution in [0.2, 0.25) is 0 Å². The van der Waals surface area contributed by atoms with Crippen LogP contribution in [0, 0.1) is 12.8 Å². The Morgan fingerprint density at radius 2 is 2.17 bits per heavy atom. The minimum Gasteiger partial charge on any atom is -0.393 e. The molecule has 1 aliphatic carbocycles. The summed E-state index contributed by atoms with van der Waals surface area (Å²) in [6.07, 6.45) is -2.77. The van der Waals surface area contributed by atoms with Gasteiger partial charge in [0.1, 0.15) is 5.82 Å². The molecule has 3 rings (SSSR count). The van der Waals surface area contributed by atoms with Gasteiger partial charge in [-0.25, -0.2) is 4.98 Å². The summed E-state index contributed by atoms with van der Waals surface area (Å²) in [5.41, 5.74) is -0.758. The Kier molecular flexibility index (Phi) is 4.44. The van der Waals surface area contributed by atoms with Crippen LogP contribution in [-0.2, 0) is 6.18 Å². The van der Waals surface area contributed by atoms with E-state index in [9.17, 15) is 18.3 Å². The molecule has 2 aromatic rings. The van der Waals surface area contributed by atoms with Crippen molar-refractivity contribution in [1.82, 2.24) is 15.1 Å². The van der Waals surface area contributed by atoms with Crippen molar-refractivity contribution in [2.45, 2.75) is 38.0 Å². The zero-order valence-electron chi connectivity index (χ0n) is 12.9. The van der Waals surface area contributed by atoms with Gasteiger partial charge in [0.25, 0.3) is 0 Å². The molecule has 0 unspecified atom stereocenters. The first kappa shape index (κ1) is 16.7. The average Bonchev–Trinajstić information content (AvgIpc) is 3.11. The van der Waals surface area contributed by atoms with Gasteiger partial charge in [-0.2, -0.15) is 18.2 Å². The summed E-state index contributed by atoms with van der Waals surface area (Å²) in [7, 11) is 0. The number of aliphatic hydroxyl groups excluding tert-OH is 1. The summed E-state index contributed by atoms with van der Waals surface area (Å²) >= 11 is 0. The maximum atomic E-state index is 12.7. The molecular weight excluding hydrogens is 325 g/mol. The van der Waals surface area contributed by atoms with Gasteiger partial charge in [0.2, 0.25) is 5.89 Å². The maximum Gasteiger partial charge on any atom is 0.416 e. The van der Waals surface area contributed by atoms with Gasteiger partial charge in [0, 0.05) is 24.6 Å². The Bertz CT molecular complexity index is 704. The highest BCUT2D eigenvalue weighted by Crippen LogP contribution is 2.38. The van der Waals surface area contributed by atoms with E-state index >= 15 is 0 Å². The minimum absolute atomic E-state index is 0.0394. The van der Waals surface area contributed by atoms with Gasteiger partial charge in [-0.1, -0.05) is 5.16 Å². The standard InChI is InChI=1S/C15H17F3N4O2/c1-8-21-14(24-22-8)9-4-10(12(23)5-9)7-20-13-6-11(2-3-19-13)15(16,17)18/h2-3,6,9-10,12,23H,4-5,7H2,1H3,(H,19,20)/t9-,10+,12+/m0/s1. The Balaban J connectivity index is 1.61. The van der Waals surface area contributed by atoms with E-state index in [1.54, 1.807) is 6.92 Å². The second kappa shape index (κ2) is 6.39. The van der Waals surface area contributed by atoms with Crippen molar-refractivity contribution >= 4 is 5.82 Å². The van der Waals surface area contributed by atoms with Crippen molar-refractivity contribution in [3.8, 4) is 0 Å². The lowest BCUT2D eigenvalue weighted by Gasteiger charge is -2.16. The van der Waals surface area contributed by atoms with Crippen molar-refractivity contribution < 1.29 is 22.8 Å². The van der Waals surface area contributed by atoms with E-state index in [1.165, 1.54) is 0 Å². The number of pyridine rings is 1. The molecule has 1 fully saturated rings. The number of aliphatic hydroxyl groups is 1. The van der Waals surface area contributed by atoms with Gasteiger partial charge < -0.3 is 14.9 Å². The monoisotopic (exact) mass is 342 g/mol. The van der Waals surface area contributed by atoms with Gasteiger partial charge >= 0.3 is 6.18 Å². The fourth-order valence-electron chi connectivity index (χ4n) is 2.94. The molecule has 0 saturated heterocycles. The molecule has 6 nitrogen and oxygen atoms in total. The van der Waals surface area contributed by atoms with Crippen molar-refractivity contribution in [3.05, 3.63) is 35.6 Å². The molecule has 1 saturated carbocycles. The van der Waals surface area contributed by atoms with E-state index in [2.05, 4.69) is 20.4 Å². The van der Waals surface area contributed by atoms with Crippen molar-refractivity contribution in [2.75, 3.05) is 11.9 Å². The fourth-order valence-corrected chi connectivity index (χ4v) is 2.94. The van der Waals surface area contributed by atoms with Gasteiger partial charge in [-0.05, 0) is 31.9 Å². The number of nitrogens with one attached hydrogen (secondary N) is 1. The number of halogens is 3. The number of nitrogens with zero attached hydrogens (tertiary/aromatic N) is 3. The first-order chi connectivity index (χ1) is 11.3. The fraction of sp³-hybridized carbons (Fsp3) is 0.533. The Labute approximate surface area is 136 Å². The molecule has 2 heterocycles. The molecule has 2 N–H and O–H groups in total. The lowest BCUT2D eigenvalue weighted by atomic mass is 10.0. The van der Waals surface area contributed by atoms with Crippen LogP contribution in [0.25, 0.3) is 0 Å². The van der Waals surface area contributed by atoms with E-state index < -0.39 is 17.8 Å². The summed E-state index contributed by atoms with van der Waals surface area (Å²) < 4.78 is 43.2. The van der Waals surface area contributed by atoms with Crippen LogP contribution in [0.1, 0.15) is 36.0 Å². The third kappa shape index (κ3) is 3.66. The molecule has 0 amide bonds. The molecule has 9 heteroatoms. The summed E-state index contributed by atoms with van der Waals surface area (Å²) in [6, 6.07) is 1.88. The number of hydrogen-bond donors (Lipinski definition) is 2. The van der Waals surface area contributed by atoms with Gasteiger partial charge in [-0.3, -0.25) is 0 Å². The largest absolute Gasteiger partial charge is 0.416 e. The van der Waals surface area contributed by atoms with Crippen molar-refractivity contribution in [1.29, 1.82) is 0 Å². The molecule has 3 atom stereocenters. The van der Waals surface area contributed by atoms with Gasteiger partial charge in [0.05, 0.1) is 11.7 Å².